The van der Waals surface area contributed by atoms with Crippen molar-refractivity contribution in [1.29, 1.82) is 0 Å². The van der Waals surface area contributed by atoms with Crippen LogP contribution >= 0.6 is 15.9 Å². The van der Waals surface area contributed by atoms with Gasteiger partial charge in [0.2, 0.25) is 0 Å². The number of alkyl halides is 1. The van der Waals surface area contributed by atoms with Crippen LogP contribution < -0.4 is 5.32 Å². The molecule has 1 N–H and O–H groups in total. The zero-order valence-electron chi connectivity index (χ0n) is 9.84. The molecule has 0 saturated carbocycles. The zero-order chi connectivity index (χ0) is 12.2. The standard InChI is InChI=1S/C11H17BrN2O2/c1-8-6-9(14-16-8)10(15)13-7-11(2,3)4-5-12/h6H,4-5,7H2,1-3H3,(H,13,15). The lowest BCUT2D eigenvalue weighted by Gasteiger charge is -2.23. The van der Waals surface area contributed by atoms with E-state index in [9.17, 15) is 4.79 Å². The Morgan fingerprint density at radius 2 is 2.31 bits per heavy atom. The van der Waals surface area contributed by atoms with E-state index in [0.717, 1.165) is 11.8 Å². The van der Waals surface area contributed by atoms with Gasteiger partial charge in [0.15, 0.2) is 5.69 Å². The Morgan fingerprint density at radius 3 is 2.81 bits per heavy atom. The first-order valence-electron chi connectivity index (χ1n) is 5.22. The van der Waals surface area contributed by atoms with E-state index < -0.39 is 0 Å². The fourth-order valence-corrected chi connectivity index (χ4v) is 2.30. The van der Waals surface area contributed by atoms with Gasteiger partial charge in [-0.1, -0.05) is 34.9 Å². The summed E-state index contributed by atoms with van der Waals surface area (Å²) in [5, 5.41) is 7.45. The van der Waals surface area contributed by atoms with E-state index in [-0.39, 0.29) is 11.3 Å². The number of aryl methyl sites for hydroxylation is 1. The Balaban J connectivity index is 2.47. The first kappa shape index (κ1) is 13.2. The molecule has 0 aromatic carbocycles. The molecule has 1 amide bonds. The van der Waals surface area contributed by atoms with Crippen molar-refractivity contribution in [3.63, 3.8) is 0 Å². The first-order valence-corrected chi connectivity index (χ1v) is 6.34. The van der Waals surface area contributed by atoms with Crippen LogP contribution in [-0.2, 0) is 0 Å². The van der Waals surface area contributed by atoms with Crippen LogP contribution in [0, 0.1) is 12.3 Å². The maximum Gasteiger partial charge on any atom is 0.273 e. The van der Waals surface area contributed by atoms with Crippen LogP contribution in [0.3, 0.4) is 0 Å². The number of nitrogens with one attached hydrogen (secondary N) is 1. The van der Waals surface area contributed by atoms with Crippen LogP contribution in [-0.4, -0.2) is 22.9 Å². The summed E-state index contributed by atoms with van der Waals surface area (Å²) >= 11 is 3.40. The zero-order valence-corrected chi connectivity index (χ0v) is 11.4. The van der Waals surface area contributed by atoms with Gasteiger partial charge in [-0.25, -0.2) is 0 Å². The van der Waals surface area contributed by atoms with Gasteiger partial charge >= 0.3 is 0 Å². The summed E-state index contributed by atoms with van der Waals surface area (Å²) in [6.07, 6.45) is 1.01. The van der Waals surface area contributed by atoms with E-state index in [1.165, 1.54) is 0 Å². The van der Waals surface area contributed by atoms with Gasteiger partial charge in [-0.2, -0.15) is 0 Å². The SMILES string of the molecule is Cc1cc(C(=O)NCC(C)(C)CCBr)no1. The number of nitrogens with zero attached hydrogens (tertiary/aromatic N) is 1. The minimum absolute atomic E-state index is 0.0813. The van der Waals surface area contributed by atoms with Crippen LogP contribution in [0.2, 0.25) is 0 Å². The third kappa shape index (κ3) is 3.96. The summed E-state index contributed by atoms with van der Waals surface area (Å²) in [4.78, 5) is 11.7. The van der Waals surface area contributed by atoms with Gasteiger partial charge in [-0.15, -0.1) is 0 Å². The maximum atomic E-state index is 11.7. The molecule has 0 aliphatic heterocycles. The van der Waals surface area contributed by atoms with E-state index in [1.807, 2.05) is 0 Å². The minimum atomic E-state index is -0.181. The average Bonchev–Trinajstić information content (AvgIpc) is 2.61. The summed E-state index contributed by atoms with van der Waals surface area (Å²) in [6.45, 7) is 6.62. The van der Waals surface area contributed by atoms with Crippen LogP contribution in [0.5, 0.6) is 0 Å². The van der Waals surface area contributed by atoms with Gasteiger partial charge in [-0.05, 0) is 18.8 Å². The number of hydrogen-bond acceptors (Lipinski definition) is 3. The number of aromatic nitrogens is 1. The van der Waals surface area contributed by atoms with Crippen LogP contribution in [0.4, 0.5) is 0 Å². The molecule has 0 spiro atoms. The van der Waals surface area contributed by atoms with Crippen LogP contribution in [0.1, 0.15) is 36.5 Å². The number of amides is 1. The lowest BCUT2D eigenvalue weighted by Crippen LogP contribution is -2.34. The fourth-order valence-electron chi connectivity index (χ4n) is 1.23. The molecule has 0 aliphatic rings. The summed E-state index contributed by atoms with van der Waals surface area (Å²) < 4.78 is 4.85. The molecule has 0 bridgehead atoms. The normalized spacial score (nSPS) is 11.5. The Kier molecular flexibility index (Phi) is 4.53. The summed E-state index contributed by atoms with van der Waals surface area (Å²) in [7, 11) is 0. The van der Waals surface area contributed by atoms with Crippen molar-refractivity contribution in [1.82, 2.24) is 10.5 Å². The molecule has 0 atom stereocenters. The van der Waals surface area contributed by atoms with Crippen molar-refractivity contribution in [3.8, 4) is 0 Å². The van der Waals surface area contributed by atoms with Crippen molar-refractivity contribution in [2.24, 2.45) is 5.41 Å². The fraction of sp³-hybridized carbons (Fsp3) is 0.636. The second-order valence-electron chi connectivity index (χ2n) is 4.61. The lowest BCUT2D eigenvalue weighted by molar-refractivity contribution is 0.0927. The predicted molar refractivity (Wildman–Crippen MR) is 65.8 cm³/mol. The van der Waals surface area contributed by atoms with Crippen molar-refractivity contribution in [2.45, 2.75) is 27.2 Å². The summed E-state index contributed by atoms with van der Waals surface area (Å²) in [5.41, 5.74) is 0.421. The number of hydrogen-bond donors (Lipinski definition) is 1. The first-order chi connectivity index (χ1) is 7.44. The molecule has 0 radical (unpaired) electrons. The molecular weight excluding hydrogens is 272 g/mol. The number of carbonyl (C=O) groups excluding carboxylic acids is 1. The van der Waals surface area contributed by atoms with Crippen LogP contribution in [0.15, 0.2) is 10.6 Å². The highest BCUT2D eigenvalue weighted by Crippen LogP contribution is 2.20. The maximum absolute atomic E-state index is 11.7. The number of halogens is 1. The van der Waals surface area contributed by atoms with Gasteiger partial charge in [0.05, 0.1) is 0 Å². The smallest absolute Gasteiger partial charge is 0.273 e. The molecule has 16 heavy (non-hydrogen) atoms. The van der Waals surface area contributed by atoms with Crippen molar-refractivity contribution < 1.29 is 9.32 Å². The Hall–Kier alpha value is -0.840. The third-order valence-electron chi connectivity index (χ3n) is 2.36. The Morgan fingerprint density at radius 1 is 1.62 bits per heavy atom. The van der Waals surface area contributed by atoms with Gasteiger partial charge in [0.1, 0.15) is 5.76 Å². The molecule has 1 aromatic heterocycles. The van der Waals surface area contributed by atoms with Gasteiger partial charge in [0.25, 0.3) is 5.91 Å². The van der Waals surface area contributed by atoms with E-state index in [4.69, 9.17) is 4.52 Å². The average molecular weight is 289 g/mol. The molecule has 90 valence electrons. The largest absolute Gasteiger partial charge is 0.361 e. The van der Waals surface area contributed by atoms with Crippen LogP contribution in [0.25, 0.3) is 0 Å². The quantitative estimate of drug-likeness (QED) is 0.847. The van der Waals surface area contributed by atoms with Gasteiger partial charge in [0, 0.05) is 17.9 Å². The molecular formula is C11H17BrN2O2. The predicted octanol–water partition coefficient (Wildman–Crippen LogP) is 2.52. The summed E-state index contributed by atoms with van der Waals surface area (Å²) in [6, 6.07) is 1.63. The second-order valence-corrected chi connectivity index (χ2v) is 5.40. The van der Waals surface area contributed by atoms with E-state index in [0.29, 0.717) is 18.0 Å². The molecule has 0 fully saturated rings. The molecule has 0 aliphatic carbocycles. The minimum Gasteiger partial charge on any atom is -0.361 e. The topological polar surface area (TPSA) is 55.1 Å². The molecule has 1 heterocycles. The highest BCUT2D eigenvalue weighted by molar-refractivity contribution is 9.09. The van der Waals surface area contributed by atoms with Crippen molar-refractivity contribution >= 4 is 21.8 Å². The van der Waals surface area contributed by atoms with Gasteiger partial charge < -0.3 is 9.84 Å². The number of rotatable bonds is 5. The van der Waals surface area contributed by atoms with E-state index in [1.54, 1.807) is 13.0 Å². The molecule has 5 heteroatoms. The third-order valence-corrected chi connectivity index (χ3v) is 2.76. The highest BCUT2D eigenvalue weighted by atomic mass is 79.9. The Bertz CT molecular complexity index is 361. The van der Waals surface area contributed by atoms with Crippen molar-refractivity contribution in [2.75, 3.05) is 11.9 Å². The summed E-state index contributed by atoms with van der Waals surface area (Å²) in [5.74, 6) is 0.462. The molecule has 1 aromatic rings. The highest BCUT2D eigenvalue weighted by Gasteiger charge is 2.19. The molecule has 0 unspecified atom stereocenters. The van der Waals surface area contributed by atoms with E-state index in [2.05, 4.69) is 40.3 Å². The molecule has 4 nitrogen and oxygen atoms in total. The van der Waals surface area contributed by atoms with Gasteiger partial charge in [-0.3, -0.25) is 4.79 Å². The second kappa shape index (κ2) is 5.48. The molecule has 0 saturated heterocycles. The molecule has 1 rings (SSSR count). The van der Waals surface area contributed by atoms with E-state index >= 15 is 0 Å². The monoisotopic (exact) mass is 288 g/mol. The number of carbonyl (C=O) groups is 1. The Labute approximate surface area is 104 Å². The lowest BCUT2D eigenvalue weighted by atomic mass is 9.90. The van der Waals surface area contributed by atoms with Crippen molar-refractivity contribution in [3.05, 3.63) is 17.5 Å².